The Bertz CT molecular complexity index is 577. The number of rotatable bonds is 6. The molecule has 2 aromatic rings. The molecule has 1 aromatic heterocycles. The van der Waals surface area contributed by atoms with Gasteiger partial charge in [-0.2, -0.15) is 0 Å². The van der Waals surface area contributed by atoms with E-state index in [0.717, 1.165) is 36.2 Å². The second-order valence-corrected chi connectivity index (χ2v) is 5.39. The van der Waals surface area contributed by atoms with Gasteiger partial charge in [0, 0.05) is 12.6 Å². The molecule has 0 radical (unpaired) electrons. The van der Waals surface area contributed by atoms with Crippen LogP contribution in [0.3, 0.4) is 0 Å². The van der Waals surface area contributed by atoms with E-state index in [9.17, 15) is 4.39 Å². The SMILES string of the molecule is CC(c1nc2cc(F)ccc2n1CCCCN)N(C)C. The third-order valence-corrected chi connectivity index (χ3v) is 3.72. The van der Waals surface area contributed by atoms with Crippen molar-refractivity contribution in [3.63, 3.8) is 0 Å². The summed E-state index contributed by atoms with van der Waals surface area (Å²) in [5.41, 5.74) is 7.28. The van der Waals surface area contributed by atoms with Crippen LogP contribution in [-0.2, 0) is 6.54 Å². The van der Waals surface area contributed by atoms with Crippen molar-refractivity contribution in [1.82, 2.24) is 14.5 Å². The second kappa shape index (κ2) is 6.33. The summed E-state index contributed by atoms with van der Waals surface area (Å²) in [5, 5.41) is 0. The van der Waals surface area contributed by atoms with Crippen LogP contribution >= 0.6 is 0 Å². The van der Waals surface area contributed by atoms with Crippen molar-refractivity contribution in [2.75, 3.05) is 20.6 Å². The number of nitrogens with two attached hydrogens (primary N) is 1. The highest BCUT2D eigenvalue weighted by atomic mass is 19.1. The lowest BCUT2D eigenvalue weighted by Crippen LogP contribution is -2.21. The van der Waals surface area contributed by atoms with Gasteiger partial charge >= 0.3 is 0 Å². The fourth-order valence-electron chi connectivity index (χ4n) is 2.32. The van der Waals surface area contributed by atoms with E-state index in [-0.39, 0.29) is 11.9 Å². The minimum absolute atomic E-state index is 0.184. The summed E-state index contributed by atoms with van der Waals surface area (Å²) in [7, 11) is 4.05. The van der Waals surface area contributed by atoms with Gasteiger partial charge in [0.05, 0.1) is 17.1 Å². The molecular weight excluding hydrogens is 255 g/mol. The maximum Gasteiger partial charge on any atom is 0.126 e. The topological polar surface area (TPSA) is 47.1 Å². The molecule has 5 heteroatoms. The number of fused-ring (bicyclic) bond motifs is 1. The van der Waals surface area contributed by atoms with E-state index >= 15 is 0 Å². The minimum Gasteiger partial charge on any atom is -0.330 e. The molecule has 0 saturated carbocycles. The monoisotopic (exact) mass is 278 g/mol. The zero-order valence-electron chi connectivity index (χ0n) is 12.4. The van der Waals surface area contributed by atoms with E-state index in [4.69, 9.17) is 5.73 Å². The summed E-state index contributed by atoms with van der Waals surface area (Å²) in [6.07, 6.45) is 1.99. The molecule has 0 saturated heterocycles. The number of aryl methyl sites for hydroxylation is 1. The predicted molar refractivity (Wildman–Crippen MR) is 80.1 cm³/mol. The lowest BCUT2D eigenvalue weighted by molar-refractivity contribution is 0.301. The third kappa shape index (κ3) is 2.99. The van der Waals surface area contributed by atoms with Gasteiger partial charge in [0.15, 0.2) is 0 Å². The smallest absolute Gasteiger partial charge is 0.126 e. The standard InChI is InChI=1S/C15H23FN4/c1-11(19(2)3)15-18-13-10-12(16)6-7-14(13)20(15)9-5-4-8-17/h6-7,10-11H,4-5,8-9,17H2,1-3H3. The highest BCUT2D eigenvalue weighted by Gasteiger charge is 2.18. The fraction of sp³-hybridized carbons (Fsp3) is 0.533. The molecule has 0 aliphatic carbocycles. The predicted octanol–water partition coefficient (Wildman–Crippen LogP) is 2.54. The van der Waals surface area contributed by atoms with E-state index in [2.05, 4.69) is 21.4 Å². The minimum atomic E-state index is -0.242. The molecule has 0 aliphatic heterocycles. The number of benzene rings is 1. The Balaban J connectivity index is 2.44. The number of aromatic nitrogens is 2. The Kier molecular flexibility index (Phi) is 4.73. The summed E-state index contributed by atoms with van der Waals surface area (Å²) >= 11 is 0. The van der Waals surface area contributed by atoms with E-state index < -0.39 is 0 Å². The van der Waals surface area contributed by atoms with E-state index in [1.165, 1.54) is 12.1 Å². The van der Waals surface area contributed by atoms with Crippen LogP contribution in [0.1, 0.15) is 31.6 Å². The molecule has 110 valence electrons. The van der Waals surface area contributed by atoms with Crippen LogP contribution in [0.15, 0.2) is 18.2 Å². The van der Waals surface area contributed by atoms with Crippen LogP contribution < -0.4 is 5.73 Å². The van der Waals surface area contributed by atoms with Crippen molar-refractivity contribution in [3.8, 4) is 0 Å². The second-order valence-electron chi connectivity index (χ2n) is 5.39. The first-order valence-corrected chi connectivity index (χ1v) is 7.06. The van der Waals surface area contributed by atoms with Crippen molar-refractivity contribution in [2.24, 2.45) is 5.73 Å². The van der Waals surface area contributed by atoms with Gasteiger partial charge in [-0.05, 0) is 52.5 Å². The molecule has 1 atom stereocenters. The zero-order chi connectivity index (χ0) is 14.7. The lowest BCUT2D eigenvalue weighted by atomic mass is 10.2. The van der Waals surface area contributed by atoms with Gasteiger partial charge in [-0.25, -0.2) is 9.37 Å². The Morgan fingerprint density at radius 3 is 2.75 bits per heavy atom. The molecule has 1 heterocycles. The molecule has 0 fully saturated rings. The highest BCUT2D eigenvalue weighted by molar-refractivity contribution is 5.76. The average Bonchev–Trinajstić information content (AvgIpc) is 2.76. The van der Waals surface area contributed by atoms with Crippen molar-refractivity contribution >= 4 is 11.0 Å². The number of halogens is 1. The third-order valence-electron chi connectivity index (χ3n) is 3.72. The number of unbranched alkanes of at least 4 members (excludes halogenated alkanes) is 1. The van der Waals surface area contributed by atoms with E-state index in [1.54, 1.807) is 0 Å². The molecular formula is C15H23FN4. The summed E-state index contributed by atoms with van der Waals surface area (Å²) < 4.78 is 15.6. The van der Waals surface area contributed by atoms with Crippen LogP contribution in [0.2, 0.25) is 0 Å². The van der Waals surface area contributed by atoms with Crippen LogP contribution in [0.25, 0.3) is 11.0 Å². The van der Waals surface area contributed by atoms with Crippen LogP contribution in [-0.4, -0.2) is 35.1 Å². The van der Waals surface area contributed by atoms with Crippen molar-refractivity contribution in [3.05, 3.63) is 29.8 Å². The van der Waals surface area contributed by atoms with Gasteiger partial charge in [0.25, 0.3) is 0 Å². The molecule has 2 N–H and O–H groups in total. The molecule has 0 amide bonds. The summed E-state index contributed by atoms with van der Waals surface area (Å²) in [4.78, 5) is 6.73. The quantitative estimate of drug-likeness (QED) is 0.826. The van der Waals surface area contributed by atoms with E-state index in [0.29, 0.717) is 6.54 Å². The molecule has 1 unspecified atom stereocenters. The first-order valence-electron chi connectivity index (χ1n) is 7.06. The Morgan fingerprint density at radius 1 is 1.35 bits per heavy atom. The van der Waals surface area contributed by atoms with Crippen molar-refractivity contribution < 1.29 is 4.39 Å². The first-order chi connectivity index (χ1) is 9.54. The molecule has 0 bridgehead atoms. The fourth-order valence-corrected chi connectivity index (χ4v) is 2.32. The van der Waals surface area contributed by atoms with Gasteiger partial charge in [-0.3, -0.25) is 4.90 Å². The van der Waals surface area contributed by atoms with Crippen LogP contribution in [0, 0.1) is 5.82 Å². The number of hydrogen-bond donors (Lipinski definition) is 1. The van der Waals surface area contributed by atoms with Crippen molar-refractivity contribution in [1.29, 1.82) is 0 Å². The van der Waals surface area contributed by atoms with Crippen molar-refractivity contribution in [2.45, 2.75) is 32.4 Å². The van der Waals surface area contributed by atoms with Gasteiger partial charge in [0.1, 0.15) is 11.6 Å². The average molecular weight is 278 g/mol. The molecule has 2 rings (SSSR count). The molecule has 20 heavy (non-hydrogen) atoms. The van der Waals surface area contributed by atoms with Gasteiger partial charge in [0.2, 0.25) is 0 Å². The Labute approximate surface area is 119 Å². The van der Waals surface area contributed by atoms with Gasteiger partial charge in [-0.15, -0.1) is 0 Å². The molecule has 4 nitrogen and oxygen atoms in total. The lowest BCUT2D eigenvalue weighted by Gasteiger charge is -2.20. The first kappa shape index (κ1) is 14.9. The van der Waals surface area contributed by atoms with Gasteiger partial charge < -0.3 is 10.3 Å². The largest absolute Gasteiger partial charge is 0.330 e. The number of hydrogen-bond acceptors (Lipinski definition) is 3. The molecule has 0 spiro atoms. The summed E-state index contributed by atoms with van der Waals surface area (Å²) in [6.45, 7) is 3.67. The number of imidazole rings is 1. The Morgan fingerprint density at radius 2 is 2.10 bits per heavy atom. The van der Waals surface area contributed by atoms with Gasteiger partial charge in [-0.1, -0.05) is 0 Å². The van der Waals surface area contributed by atoms with Crippen LogP contribution in [0.5, 0.6) is 0 Å². The van der Waals surface area contributed by atoms with E-state index in [1.807, 2.05) is 20.2 Å². The molecule has 1 aromatic carbocycles. The number of nitrogens with zero attached hydrogens (tertiary/aromatic N) is 3. The highest BCUT2D eigenvalue weighted by Crippen LogP contribution is 2.24. The zero-order valence-corrected chi connectivity index (χ0v) is 12.4. The Hall–Kier alpha value is -1.46. The maximum absolute atomic E-state index is 13.4. The maximum atomic E-state index is 13.4. The van der Waals surface area contributed by atoms with Crippen LogP contribution in [0.4, 0.5) is 4.39 Å². The normalized spacial score (nSPS) is 13.3. The summed E-state index contributed by atoms with van der Waals surface area (Å²) in [5.74, 6) is 0.737. The molecule has 0 aliphatic rings. The summed E-state index contributed by atoms with van der Waals surface area (Å²) in [6, 6.07) is 4.99.